The standard InChI is InChI=1S/C16H27N3O2/c1-12-16(13(2)21-17-12)11-19-6-7-20-15(10-19)9-18(3)8-14-4-5-14/h14-15H,4-11H2,1-3H3/t15-/m1/s1. The van der Waals surface area contributed by atoms with Gasteiger partial charge >= 0.3 is 0 Å². The van der Waals surface area contributed by atoms with Gasteiger partial charge in [-0.3, -0.25) is 4.90 Å². The first-order chi connectivity index (χ1) is 10.1. The lowest BCUT2D eigenvalue weighted by molar-refractivity contribution is -0.0435. The van der Waals surface area contributed by atoms with Gasteiger partial charge in [-0.25, -0.2) is 0 Å². The molecule has 1 aliphatic carbocycles. The van der Waals surface area contributed by atoms with Crippen LogP contribution in [0, 0.1) is 19.8 Å². The SMILES string of the molecule is Cc1noc(C)c1CN1CCO[C@H](CN(C)CC2CC2)C1. The van der Waals surface area contributed by atoms with Crippen molar-refractivity contribution >= 4 is 0 Å². The molecule has 1 saturated carbocycles. The van der Waals surface area contributed by atoms with Crippen molar-refractivity contribution in [3.05, 3.63) is 17.0 Å². The summed E-state index contributed by atoms with van der Waals surface area (Å²) in [7, 11) is 2.22. The molecule has 0 unspecified atom stereocenters. The average molecular weight is 293 g/mol. The zero-order valence-electron chi connectivity index (χ0n) is 13.5. The molecular weight excluding hydrogens is 266 g/mol. The third-order valence-electron chi connectivity index (χ3n) is 4.57. The summed E-state index contributed by atoms with van der Waals surface area (Å²) in [5.41, 5.74) is 2.25. The van der Waals surface area contributed by atoms with Gasteiger partial charge in [0.1, 0.15) is 5.76 Å². The Morgan fingerprint density at radius 3 is 2.76 bits per heavy atom. The normalized spacial score (nSPS) is 23.9. The van der Waals surface area contributed by atoms with E-state index < -0.39 is 0 Å². The minimum Gasteiger partial charge on any atom is -0.374 e. The Morgan fingerprint density at radius 2 is 2.10 bits per heavy atom. The fourth-order valence-corrected chi connectivity index (χ4v) is 3.15. The quantitative estimate of drug-likeness (QED) is 0.800. The molecule has 3 rings (SSSR count). The highest BCUT2D eigenvalue weighted by molar-refractivity contribution is 5.20. The van der Waals surface area contributed by atoms with Gasteiger partial charge in [0.25, 0.3) is 0 Å². The summed E-state index contributed by atoms with van der Waals surface area (Å²) in [6.45, 7) is 10.0. The molecule has 0 aromatic carbocycles. The van der Waals surface area contributed by atoms with Crippen LogP contribution in [0.15, 0.2) is 4.52 Å². The molecule has 0 amide bonds. The highest BCUT2D eigenvalue weighted by atomic mass is 16.5. The maximum atomic E-state index is 5.94. The smallest absolute Gasteiger partial charge is 0.138 e. The number of hydrogen-bond donors (Lipinski definition) is 0. The molecular formula is C16H27N3O2. The molecule has 1 atom stereocenters. The monoisotopic (exact) mass is 293 g/mol. The first-order valence-electron chi connectivity index (χ1n) is 8.06. The van der Waals surface area contributed by atoms with Gasteiger partial charge in [-0.05, 0) is 39.7 Å². The molecule has 5 nitrogen and oxygen atoms in total. The van der Waals surface area contributed by atoms with E-state index in [0.717, 1.165) is 50.2 Å². The summed E-state index contributed by atoms with van der Waals surface area (Å²) >= 11 is 0. The second kappa shape index (κ2) is 6.46. The first kappa shape index (κ1) is 15.0. The lowest BCUT2D eigenvalue weighted by atomic mass is 10.1. The second-order valence-electron chi connectivity index (χ2n) is 6.70. The number of rotatable bonds is 6. The van der Waals surface area contributed by atoms with E-state index in [4.69, 9.17) is 9.26 Å². The van der Waals surface area contributed by atoms with Crippen molar-refractivity contribution in [1.29, 1.82) is 0 Å². The Kier molecular flexibility index (Phi) is 4.62. The highest BCUT2D eigenvalue weighted by Gasteiger charge is 2.27. The molecule has 0 spiro atoms. The minimum absolute atomic E-state index is 0.322. The van der Waals surface area contributed by atoms with Gasteiger partial charge < -0.3 is 14.2 Å². The Labute approximate surface area is 127 Å². The van der Waals surface area contributed by atoms with Crippen molar-refractivity contribution in [3.8, 4) is 0 Å². The van der Waals surface area contributed by atoms with Gasteiger partial charge in [0, 0.05) is 38.3 Å². The zero-order valence-corrected chi connectivity index (χ0v) is 13.5. The third-order valence-corrected chi connectivity index (χ3v) is 4.57. The van der Waals surface area contributed by atoms with E-state index in [1.807, 2.05) is 13.8 Å². The van der Waals surface area contributed by atoms with Crippen LogP contribution < -0.4 is 0 Å². The minimum atomic E-state index is 0.322. The predicted molar refractivity (Wildman–Crippen MR) is 81.2 cm³/mol. The number of likely N-dealkylation sites (N-methyl/N-ethyl adjacent to an activating group) is 1. The molecule has 21 heavy (non-hydrogen) atoms. The van der Waals surface area contributed by atoms with Gasteiger partial charge in [-0.2, -0.15) is 0 Å². The van der Waals surface area contributed by atoms with Crippen molar-refractivity contribution in [3.63, 3.8) is 0 Å². The third kappa shape index (κ3) is 4.05. The van der Waals surface area contributed by atoms with Crippen LogP contribution in [-0.4, -0.2) is 60.9 Å². The van der Waals surface area contributed by atoms with E-state index in [9.17, 15) is 0 Å². The van der Waals surface area contributed by atoms with Gasteiger partial charge in [0.2, 0.25) is 0 Å². The Hall–Kier alpha value is -0.910. The van der Waals surface area contributed by atoms with Crippen molar-refractivity contribution in [2.75, 3.05) is 39.8 Å². The summed E-state index contributed by atoms with van der Waals surface area (Å²) < 4.78 is 11.2. The number of nitrogens with zero attached hydrogens (tertiary/aromatic N) is 3. The number of ether oxygens (including phenoxy) is 1. The van der Waals surface area contributed by atoms with Gasteiger partial charge in [-0.1, -0.05) is 5.16 Å². The van der Waals surface area contributed by atoms with E-state index in [2.05, 4.69) is 22.0 Å². The maximum absolute atomic E-state index is 5.94. The lowest BCUT2D eigenvalue weighted by Crippen LogP contribution is -2.46. The predicted octanol–water partition coefficient (Wildman–Crippen LogP) is 1.83. The van der Waals surface area contributed by atoms with E-state index in [1.165, 1.54) is 24.9 Å². The fraction of sp³-hybridized carbons (Fsp3) is 0.812. The van der Waals surface area contributed by atoms with Crippen LogP contribution in [0.2, 0.25) is 0 Å². The summed E-state index contributed by atoms with van der Waals surface area (Å²) in [6.07, 6.45) is 3.14. The number of aromatic nitrogens is 1. The van der Waals surface area contributed by atoms with Gasteiger partial charge in [0.05, 0.1) is 18.4 Å². The fourth-order valence-electron chi connectivity index (χ4n) is 3.15. The summed E-state index contributed by atoms with van der Waals surface area (Å²) in [4.78, 5) is 4.90. The first-order valence-corrected chi connectivity index (χ1v) is 8.06. The van der Waals surface area contributed by atoms with Gasteiger partial charge in [-0.15, -0.1) is 0 Å². The summed E-state index contributed by atoms with van der Waals surface area (Å²) in [5, 5.41) is 4.05. The zero-order chi connectivity index (χ0) is 14.8. The molecule has 0 N–H and O–H groups in total. The molecule has 1 aromatic heterocycles. The molecule has 0 bridgehead atoms. The molecule has 118 valence electrons. The molecule has 5 heteroatoms. The lowest BCUT2D eigenvalue weighted by Gasteiger charge is -2.34. The van der Waals surface area contributed by atoms with Crippen molar-refractivity contribution < 1.29 is 9.26 Å². The number of aryl methyl sites for hydroxylation is 2. The molecule has 1 aromatic rings. The van der Waals surface area contributed by atoms with E-state index >= 15 is 0 Å². The highest BCUT2D eigenvalue weighted by Crippen LogP contribution is 2.29. The van der Waals surface area contributed by atoms with E-state index in [0.29, 0.717) is 6.10 Å². The Bertz CT molecular complexity index is 451. The van der Waals surface area contributed by atoms with E-state index in [1.54, 1.807) is 0 Å². The van der Waals surface area contributed by atoms with E-state index in [-0.39, 0.29) is 0 Å². The van der Waals surface area contributed by atoms with Crippen LogP contribution in [0.5, 0.6) is 0 Å². The summed E-state index contributed by atoms with van der Waals surface area (Å²) in [6, 6.07) is 0. The van der Waals surface area contributed by atoms with Crippen LogP contribution in [0.25, 0.3) is 0 Å². The molecule has 1 aliphatic heterocycles. The molecule has 1 saturated heterocycles. The van der Waals surface area contributed by atoms with Gasteiger partial charge in [0.15, 0.2) is 0 Å². The van der Waals surface area contributed by atoms with Crippen LogP contribution >= 0.6 is 0 Å². The van der Waals surface area contributed by atoms with Crippen molar-refractivity contribution in [2.24, 2.45) is 5.92 Å². The second-order valence-corrected chi connectivity index (χ2v) is 6.70. The largest absolute Gasteiger partial charge is 0.374 e. The Morgan fingerprint density at radius 1 is 1.29 bits per heavy atom. The number of morpholine rings is 1. The van der Waals surface area contributed by atoms with Crippen molar-refractivity contribution in [2.45, 2.75) is 39.3 Å². The number of hydrogen-bond acceptors (Lipinski definition) is 5. The van der Waals surface area contributed by atoms with Crippen LogP contribution in [0.1, 0.15) is 29.9 Å². The topological polar surface area (TPSA) is 41.7 Å². The maximum Gasteiger partial charge on any atom is 0.138 e. The molecule has 2 fully saturated rings. The van der Waals surface area contributed by atoms with Crippen LogP contribution in [0.3, 0.4) is 0 Å². The van der Waals surface area contributed by atoms with Crippen LogP contribution in [-0.2, 0) is 11.3 Å². The van der Waals surface area contributed by atoms with Crippen LogP contribution in [0.4, 0.5) is 0 Å². The van der Waals surface area contributed by atoms with Crippen molar-refractivity contribution in [1.82, 2.24) is 15.0 Å². The Balaban J connectivity index is 1.50. The summed E-state index contributed by atoms with van der Waals surface area (Å²) in [5.74, 6) is 1.89. The average Bonchev–Trinajstić information content (AvgIpc) is 3.20. The molecule has 2 heterocycles. The molecule has 2 aliphatic rings. The molecule has 0 radical (unpaired) electrons.